The van der Waals surface area contributed by atoms with Gasteiger partial charge in [0, 0.05) is 0 Å². The van der Waals surface area contributed by atoms with E-state index in [0.29, 0.717) is 0 Å². The first kappa shape index (κ1) is 14.7. The molecular weight excluding hydrogens is 204 g/mol. The number of unbranched alkanes of at least 4 members (excludes halogenated alkanes) is 2. The highest BCUT2D eigenvalue weighted by atomic mass is 28.4. The van der Waals surface area contributed by atoms with Crippen LogP contribution in [0.15, 0.2) is 12.3 Å². The SMILES string of the molecule is CCCC/C=C\O[Si](C)(C)OC(C)(C)C. The predicted molar refractivity (Wildman–Crippen MR) is 68.1 cm³/mol. The van der Waals surface area contributed by atoms with Crippen molar-refractivity contribution in [2.45, 2.75) is 65.7 Å². The fraction of sp³-hybridized carbons (Fsp3) is 0.833. The second-order valence-electron chi connectivity index (χ2n) is 5.25. The molecule has 0 rings (SSSR count). The van der Waals surface area contributed by atoms with Crippen LogP contribution in [0.2, 0.25) is 13.1 Å². The van der Waals surface area contributed by atoms with Crippen LogP contribution in [-0.4, -0.2) is 14.2 Å². The van der Waals surface area contributed by atoms with Crippen molar-refractivity contribution >= 4 is 8.56 Å². The van der Waals surface area contributed by atoms with Gasteiger partial charge in [0.25, 0.3) is 0 Å². The van der Waals surface area contributed by atoms with Crippen molar-refractivity contribution in [1.82, 2.24) is 0 Å². The maximum Gasteiger partial charge on any atom is 0.392 e. The maximum atomic E-state index is 5.90. The van der Waals surface area contributed by atoms with E-state index in [9.17, 15) is 0 Å². The quantitative estimate of drug-likeness (QED) is 0.386. The highest BCUT2D eigenvalue weighted by molar-refractivity contribution is 6.64. The molecule has 0 saturated heterocycles. The van der Waals surface area contributed by atoms with Crippen LogP contribution >= 0.6 is 0 Å². The lowest BCUT2D eigenvalue weighted by molar-refractivity contribution is 0.0864. The minimum absolute atomic E-state index is 0.118. The lowest BCUT2D eigenvalue weighted by atomic mass is 10.2. The van der Waals surface area contributed by atoms with Gasteiger partial charge in [-0.15, -0.1) is 0 Å². The fourth-order valence-corrected chi connectivity index (χ4v) is 3.31. The highest BCUT2D eigenvalue weighted by Gasteiger charge is 2.30. The maximum absolute atomic E-state index is 5.90. The van der Waals surface area contributed by atoms with Gasteiger partial charge in [-0.2, -0.15) is 0 Å². The van der Waals surface area contributed by atoms with Gasteiger partial charge in [0.2, 0.25) is 0 Å². The molecule has 0 aliphatic rings. The van der Waals surface area contributed by atoms with Gasteiger partial charge in [0.15, 0.2) is 0 Å². The first-order chi connectivity index (χ1) is 6.77. The molecule has 0 fully saturated rings. The summed E-state index contributed by atoms with van der Waals surface area (Å²) < 4.78 is 11.6. The van der Waals surface area contributed by atoms with Gasteiger partial charge in [-0.25, -0.2) is 0 Å². The molecule has 0 unspecified atom stereocenters. The lowest BCUT2D eigenvalue weighted by Crippen LogP contribution is -2.40. The Labute approximate surface area is 95.9 Å². The van der Waals surface area contributed by atoms with E-state index < -0.39 is 8.56 Å². The standard InChI is InChI=1S/C12H26O2Si/c1-7-8-9-10-11-13-15(5,6)14-12(2,3)4/h10-11H,7-9H2,1-6H3/b11-10-. The number of rotatable bonds is 6. The van der Waals surface area contributed by atoms with Crippen molar-refractivity contribution < 1.29 is 8.85 Å². The van der Waals surface area contributed by atoms with E-state index in [2.05, 4.69) is 46.9 Å². The Morgan fingerprint density at radius 3 is 2.27 bits per heavy atom. The first-order valence-corrected chi connectivity index (χ1v) is 8.61. The summed E-state index contributed by atoms with van der Waals surface area (Å²) in [5, 5.41) is 0. The van der Waals surface area contributed by atoms with Gasteiger partial charge in [0.1, 0.15) is 0 Å². The Bertz CT molecular complexity index is 192. The van der Waals surface area contributed by atoms with Gasteiger partial charge >= 0.3 is 8.56 Å². The van der Waals surface area contributed by atoms with E-state index in [1.165, 1.54) is 12.8 Å². The van der Waals surface area contributed by atoms with Gasteiger partial charge < -0.3 is 8.85 Å². The third-order valence-electron chi connectivity index (χ3n) is 1.72. The van der Waals surface area contributed by atoms with E-state index in [0.717, 1.165) is 6.42 Å². The molecule has 0 amide bonds. The Morgan fingerprint density at radius 2 is 1.80 bits per heavy atom. The Hall–Kier alpha value is -0.283. The monoisotopic (exact) mass is 230 g/mol. The molecule has 0 atom stereocenters. The summed E-state index contributed by atoms with van der Waals surface area (Å²) in [6, 6.07) is 0. The normalized spacial score (nSPS) is 13.5. The Kier molecular flexibility index (Phi) is 6.21. The molecule has 2 nitrogen and oxygen atoms in total. The number of hydrogen-bond acceptors (Lipinski definition) is 2. The molecule has 3 heteroatoms. The minimum Gasteiger partial charge on any atom is -0.527 e. The average Bonchev–Trinajstić information content (AvgIpc) is 1.99. The molecule has 0 aromatic rings. The lowest BCUT2D eigenvalue weighted by Gasteiger charge is -2.30. The van der Waals surface area contributed by atoms with E-state index in [4.69, 9.17) is 8.85 Å². The molecule has 0 N–H and O–H groups in total. The van der Waals surface area contributed by atoms with Crippen LogP contribution in [0.3, 0.4) is 0 Å². The van der Waals surface area contributed by atoms with Gasteiger partial charge in [0.05, 0.1) is 11.9 Å². The van der Waals surface area contributed by atoms with Crippen LogP contribution in [0.1, 0.15) is 47.0 Å². The van der Waals surface area contributed by atoms with E-state index in [1.54, 1.807) is 0 Å². The van der Waals surface area contributed by atoms with Crippen LogP contribution in [-0.2, 0) is 8.85 Å². The van der Waals surface area contributed by atoms with Crippen LogP contribution in [0, 0.1) is 0 Å². The zero-order chi connectivity index (χ0) is 11.9. The molecule has 0 aliphatic heterocycles. The van der Waals surface area contributed by atoms with E-state index in [1.807, 2.05) is 6.26 Å². The molecule has 0 radical (unpaired) electrons. The second-order valence-corrected chi connectivity index (χ2v) is 8.49. The zero-order valence-corrected chi connectivity index (χ0v) is 12.1. The van der Waals surface area contributed by atoms with Crippen LogP contribution in [0.4, 0.5) is 0 Å². The molecular formula is C12H26O2Si. The van der Waals surface area contributed by atoms with Crippen molar-refractivity contribution in [2.24, 2.45) is 0 Å². The van der Waals surface area contributed by atoms with E-state index >= 15 is 0 Å². The molecule has 0 aliphatic carbocycles. The molecule has 0 bridgehead atoms. The van der Waals surface area contributed by atoms with Gasteiger partial charge in [-0.3, -0.25) is 0 Å². The van der Waals surface area contributed by atoms with Crippen molar-refractivity contribution in [3.8, 4) is 0 Å². The molecule has 0 aromatic carbocycles. The summed E-state index contributed by atoms with van der Waals surface area (Å²) in [6.45, 7) is 12.5. The summed E-state index contributed by atoms with van der Waals surface area (Å²) in [5.41, 5.74) is -0.118. The Morgan fingerprint density at radius 1 is 1.20 bits per heavy atom. The average molecular weight is 230 g/mol. The largest absolute Gasteiger partial charge is 0.527 e. The smallest absolute Gasteiger partial charge is 0.392 e. The first-order valence-electron chi connectivity index (χ1n) is 5.80. The summed E-state index contributed by atoms with van der Waals surface area (Å²) in [4.78, 5) is 0. The zero-order valence-electron chi connectivity index (χ0n) is 11.1. The van der Waals surface area contributed by atoms with Crippen LogP contribution in [0.25, 0.3) is 0 Å². The second kappa shape index (κ2) is 6.33. The van der Waals surface area contributed by atoms with Gasteiger partial charge in [-0.1, -0.05) is 19.4 Å². The minimum atomic E-state index is -1.99. The summed E-state index contributed by atoms with van der Waals surface area (Å²) in [5.74, 6) is 0. The third-order valence-corrected chi connectivity index (χ3v) is 3.53. The van der Waals surface area contributed by atoms with Gasteiger partial charge in [-0.05, 0) is 46.7 Å². The molecule has 15 heavy (non-hydrogen) atoms. The molecule has 90 valence electrons. The molecule has 0 heterocycles. The van der Waals surface area contributed by atoms with E-state index in [-0.39, 0.29) is 5.60 Å². The number of allylic oxidation sites excluding steroid dienone is 1. The fourth-order valence-electron chi connectivity index (χ4n) is 1.36. The molecule has 0 aromatic heterocycles. The predicted octanol–water partition coefficient (Wildman–Crippen LogP) is 4.22. The van der Waals surface area contributed by atoms with Crippen molar-refractivity contribution in [3.63, 3.8) is 0 Å². The molecule has 0 spiro atoms. The number of hydrogen-bond donors (Lipinski definition) is 0. The van der Waals surface area contributed by atoms with Crippen LogP contribution < -0.4 is 0 Å². The van der Waals surface area contributed by atoms with Crippen molar-refractivity contribution in [3.05, 3.63) is 12.3 Å². The summed E-state index contributed by atoms with van der Waals surface area (Å²) >= 11 is 0. The summed E-state index contributed by atoms with van der Waals surface area (Å²) in [6.07, 6.45) is 7.44. The topological polar surface area (TPSA) is 18.5 Å². The summed E-state index contributed by atoms with van der Waals surface area (Å²) in [7, 11) is -1.99. The molecule has 0 saturated carbocycles. The third kappa shape index (κ3) is 10.0. The van der Waals surface area contributed by atoms with Crippen LogP contribution in [0.5, 0.6) is 0 Å². The highest BCUT2D eigenvalue weighted by Crippen LogP contribution is 2.17. The Balaban J connectivity index is 3.88. The van der Waals surface area contributed by atoms with Crippen molar-refractivity contribution in [2.75, 3.05) is 0 Å². The van der Waals surface area contributed by atoms with Crippen molar-refractivity contribution in [1.29, 1.82) is 0 Å².